The second kappa shape index (κ2) is 6.91. The van der Waals surface area contributed by atoms with Gasteiger partial charge in [-0.05, 0) is 47.0 Å². The van der Waals surface area contributed by atoms with Crippen LogP contribution in [-0.4, -0.2) is 16.9 Å². The number of nitriles is 1. The number of hydrogen-bond acceptors (Lipinski definition) is 5. The fourth-order valence-corrected chi connectivity index (χ4v) is 2.74. The van der Waals surface area contributed by atoms with Crippen LogP contribution in [-0.2, 0) is 4.79 Å². The number of benzene rings is 1. The molecule has 8 heteroatoms. The average molecular weight is 402 g/mol. The lowest BCUT2D eigenvalue weighted by Crippen LogP contribution is -2.26. The van der Waals surface area contributed by atoms with E-state index < -0.39 is 10.8 Å². The summed E-state index contributed by atoms with van der Waals surface area (Å²) in [6, 6.07) is 9.66. The third kappa shape index (κ3) is 3.95. The molecule has 1 heterocycles. The molecule has 1 aliphatic carbocycles. The van der Waals surface area contributed by atoms with Gasteiger partial charge >= 0.3 is 0 Å². The van der Waals surface area contributed by atoms with Gasteiger partial charge in [-0.3, -0.25) is 14.9 Å². The minimum atomic E-state index is -0.484. The maximum absolute atomic E-state index is 11.9. The standard InChI is InChI=1S/C17H12BrN3O4/c18-15-8-12(21(23)24)3-5-14(15)16-6-4-13(25-16)7-10(9-19)17(22)20-11-1-2-11/h3-8,11H,1-2H2,(H,20,22)/b10-7+. The van der Waals surface area contributed by atoms with Gasteiger partial charge in [0.25, 0.3) is 11.6 Å². The van der Waals surface area contributed by atoms with Crippen molar-refractivity contribution in [3.05, 3.63) is 56.3 Å². The maximum atomic E-state index is 11.9. The van der Waals surface area contributed by atoms with Crippen molar-refractivity contribution in [2.24, 2.45) is 0 Å². The second-order valence-electron chi connectivity index (χ2n) is 5.54. The summed E-state index contributed by atoms with van der Waals surface area (Å²) in [5.74, 6) is 0.398. The highest BCUT2D eigenvalue weighted by Crippen LogP contribution is 2.33. The first-order valence-corrected chi connectivity index (χ1v) is 8.24. The fourth-order valence-electron chi connectivity index (χ4n) is 2.17. The van der Waals surface area contributed by atoms with Gasteiger partial charge in [0, 0.05) is 34.3 Å². The van der Waals surface area contributed by atoms with Crippen molar-refractivity contribution in [1.82, 2.24) is 5.32 Å². The van der Waals surface area contributed by atoms with E-state index in [9.17, 15) is 14.9 Å². The number of rotatable bonds is 5. The third-order valence-electron chi connectivity index (χ3n) is 3.62. The lowest BCUT2D eigenvalue weighted by atomic mass is 10.1. The van der Waals surface area contributed by atoms with Crippen LogP contribution in [0, 0.1) is 21.4 Å². The van der Waals surface area contributed by atoms with E-state index >= 15 is 0 Å². The number of hydrogen-bond donors (Lipinski definition) is 1. The predicted molar refractivity (Wildman–Crippen MR) is 93.3 cm³/mol. The molecule has 1 aromatic carbocycles. The van der Waals surface area contributed by atoms with Gasteiger partial charge in [0.15, 0.2) is 0 Å². The Hall–Kier alpha value is -2.92. The molecule has 1 N–H and O–H groups in total. The first-order chi connectivity index (χ1) is 12.0. The largest absolute Gasteiger partial charge is 0.457 e. The summed E-state index contributed by atoms with van der Waals surface area (Å²) < 4.78 is 6.16. The Bertz CT molecular complexity index is 922. The summed E-state index contributed by atoms with van der Waals surface area (Å²) in [7, 11) is 0. The molecule has 126 valence electrons. The van der Waals surface area contributed by atoms with Crippen LogP contribution in [0.25, 0.3) is 17.4 Å². The van der Waals surface area contributed by atoms with E-state index in [1.54, 1.807) is 18.2 Å². The van der Waals surface area contributed by atoms with E-state index in [2.05, 4.69) is 21.2 Å². The number of nitro benzene ring substituents is 1. The van der Waals surface area contributed by atoms with Crippen molar-refractivity contribution in [2.75, 3.05) is 0 Å². The molecule has 0 aliphatic heterocycles. The Kier molecular flexibility index (Phi) is 4.67. The Morgan fingerprint density at radius 3 is 2.76 bits per heavy atom. The van der Waals surface area contributed by atoms with Gasteiger partial charge in [0.1, 0.15) is 23.2 Å². The van der Waals surface area contributed by atoms with E-state index in [1.165, 1.54) is 18.2 Å². The molecule has 0 unspecified atom stereocenters. The number of nitro groups is 1. The van der Waals surface area contributed by atoms with Crippen molar-refractivity contribution in [1.29, 1.82) is 5.26 Å². The number of nitrogens with zero attached hydrogens (tertiary/aromatic N) is 2. The van der Waals surface area contributed by atoms with Crippen LogP contribution in [0.3, 0.4) is 0 Å². The van der Waals surface area contributed by atoms with Crippen LogP contribution < -0.4 is 5.32 Å². The molecule has 0 spiro atoms. The number of nitrogens with one attached hydrogen (secondary N) is 1. The Morgan fingerprint density at radius 2 is 2.16 bits per heavy atom. The molecule has 0 atom stereocenters. The topological polar surface area (TPSA) is 109 Å². The minimum Gasteiger partial charge on any atom is -0.457 e. The summed E-state index contributed by atoms with van der Waals surface area (Å²) >= 11 is 3.29. The van der Waals surface area contributed by atoms with Crippen molar-refractivity contribution in [2.45, 2.75) is 18.9 Å². The monoisotopic (exact) mass is 401 g/mol. The number of furan rings is 1. The van der Waals surface area contributed by atoms with Gasteiger partial charge in [-0.25, -0.2) is 0 Å². The van der Waals surface area contributed by atoms with Crippen LogP contribution in [0.5, 0.6) is 0 Å². The van der Waals surface area contributed by atoms with Crippen LogP contribution in [0.1, 0.15) is 18.6 Å². The number of carbonyl (C=O) groups is 1. The third-order valence-corrected chi connectivity index (χ3v) is 4.28. The molecule has 1 aromatic heterocycles. The van der Waals surface area contributed by atoms with Crippen LogP contribution in [0.4, 0.5) is 5.69 Å². The summed E-state index contributed by atoms with van der Waals surface area (Å²) in [6.45, 7) is 0. The molecule has 25 heavy (non-hydrogen) atoms. The first-order valence-electron chi connectivity index (χ1n) is 7.44. The molecule has 3 rings (SSSR count). The number of halogens is 1. The second-order valence-corrected chi connectivity index (χ2v) is 6.40. The zero-order valence-corrected chi connectivity index (χ0v) is 14.4. The molecular formula is C17H12BrN3O4. The van der Waals surface area contributed by atoms with E-state index in [0.717, 1.165) is 12.8 Å². The van der Waals surface area contributed by atoms with Gasteiger partial charge in [0.05, 0.1) is 4.92 Å². The number of amides is 1. The smallest absolute Gasteiger partial charge is 0.270 e. The van der Waals surface area contributed by atoms with Gasteiger partial charge < -0.3 is 9.73 Å². The van der Waals surface area contributed by atoms with E-state index in [-0.39, 0.29) is 17.3 Å². The van der Waals surface area contributed by atoms with Crippen LogP contribution >= 0.6 is 15.9 Å². The Labute approximate surface area is 151 Å². The summed E-state index contributed by atoms with van der Waals surface area (Å²) in [5.41, 5.74) is 0.563. The van der Waals surface area contributed by atoms with Crippen molar-refractivity contribution >= 4 is 33.6 Å². The zero-order valence-electron chi connectivity index (χ0n) is 12.9. The first kappa shape index (κ1) is 16.9. The number of carbonyl (C=O) groups excluding carboxylic acids is 1. The lowest BCUT2D eigenvalue weighted by Gasteiger charge is -2.01. The molecule has 1 aliphatic rings. The van der Waals surface area contributed by atoms with E-state index in [1.807, 2.05) is 6.07 Å². The Morgan fingerprint density at radius 1 is 1.40 bits per heavy atom. The van der Waals surface area contributed by atoms with E-state index in [4.69, 9.17) is 9.68 Å². The van der Waals surface area contributed by atoms with Crippen molar-refractivity contribution in [3.63, 3.8) is 0 Å². The number of non-ortho nitro benzene ring substituents is 1. The molecule has 0 saturated heterocycles. The van der Waals surface area contributed by atoms with Gasteiger partial charge in [-0.2, -0.15) is 5.26 Å². The highest BCUT2D eigenvalue weighted by atomic mass is 79.9. The molecule has 1 amide bonds. The van der Waals surface area contributed by atoms with Crippen LogP contribution in [0.2, 0.25) is 0 Å². The quantitative estimate of drug-likeness (QED) is 0.354. The van der Waals surface area contributed by atoms with Crippen molar-refractivity contribution in [3.8, 4) is 17.4 Å². The minimum absolute atomic E-state index is 0.0319. The highest BCUT2D eigenvalue weighted by molar-refractivity contribution is 9.10. The summed E-state index contributed by atoms with van der Waals surface area (Å²) in [4.78, 5) is 22.3. The van der Waals surface area contributed by atoms with Gasteiger partial charge in [0.2, 0.25) is 0 Å². The highest BCUT2D eigenvalue weighted by Gasteiger charge is 2.25. The summed E-state index contributed by atoms with van der Waals surface area (Å²) in [5, 5.41) is 22.7. The Balaban J connectivity index is 1.84. The zero-order chi connectivity index (χ0) is 18.0. The molecular weight excluding hydrogens is 390 g/mol. The molecule has 0 radical (unpaired) electrons. The van der Waals surface area contributed by atoms with E-state index in [0.29, 0.717) is 21.6 Å². The molecule has 7 nitrogen and oxygen atoms in total. The average Bonchev–Trinajstić information content (AvgIpc) is 3.27. The molecule has 1 fully saturated rings. The lowest BCUT2D eigenvalue weighted by molar-refractivity contribution is -0.384. The van der Waals surface area contributed by atoms with Gasteiger partial charge in [-0.1, -0.05) is 0 Å². The van der Waals surface area contributed by atoms with Gasteiger partial charge in [-0.15, -0.1) is 0 Å². The van der Waals surface area contributed by atoms with Crippen LogP contribution in [0.15, 0.2) is 44.8 Å². The SMILES string of the molecule is N#C/C(=C\c1ccc(-c2ccc([N+](=O)[O-])cc2Br)o1)C(=O)NC1CC1. The van der Waals surface area contributed by atoms with Crippen molar-refractivity contribution < 1.29 is 14.1 Å². The summed E-state index contributed by atoms with van der Waals surface area (Å²) in [6.07, 6.45) is 3.24. The molecule has 2 aromatic rings. The molecule has 1 saturated carbocycles. The fraction of sp³-hybridized carbons (Fsp3) is 0.176. The maximum Gasteiger partial charge on any atom is 0.270 e. The predicted octanol–water partition coefficient (Wildman–Crippen LogP) is 3.80. The molecule has 0 bridgehead atoms. The normalized spacial score (nSPS) is 14.0.